The number of hydrogen-bond donors (Lipinski definition) is 3. The molecule has 0 radical (unpaired) electrons. The van der Waals surface area contributed by atoms with Gasteiger partial charge in [-0.3, -0.25) is 4.79 Å². The quantitative estimate of drug-likeness (QED) is 0.371. The first kappa shape index (κ1) is 22.4. The molecular weight excluding hydrogens is 445 g/mol. The van der Waals surface area contributed by atoms with Crippen molar-refractivity contribution < 1.29 is 14.3 Å². The summed E-state index contributed by atoms with van der Waals surface area (Å²) in [5.41, 5.74) is 3.12. The monoisotopic (exact) mass is 465 g/mol. The molecule has 0 spiro atoms. The summed E-state index contributed by atoms with van der Waals surface area (Å²) < 4.78 is 15.0. The highest BCUT2D eigenvalue weighted by molar-refractivity contribution is 6.33. The van der Waals surface area contributed by atoms with Crippen LogP contribution < -0.4 is 10.6 Å². The molecule has 0 bridgehead atoms. The Balaban J connectivity index is 1.54. The molecule has 3 N–H and O–H groups in total. The Labute approximate surface area is 194 Å². The Morgan fingerprint density at radius 2 is 1.97 bits per heavy atom. The van der Waals surface area contributed by atoms with E-state index in [-0.39, 0.29) is 17.3 Å². The fraction of sp³-hybridized carbons (Fsp3) is 0.125. The number of aromatic nitrogens is 3. The summed E-state index contributed by atoms with van der Waals surface area (Å²) in [5, 5.41) is 15.8. The smallest absolute Gasteiger partial charge is 0.272 e. The number of carbonyl (C=O) groups is 1. The highest BCUT2D eigenvalue weighted by Gasteiger charge is 2.17. The lowest BCUT2D eigenvalue weighted by Crippen LogP contribution is -2.31. The third-order valence-electron chi connectivity index (χ3n) is 5.05. The molecule has 2 heterocycles. The molecule has 33 heavy (non-hydrogen) atoms. The number of aliphatic hydroxyl groups is 1. The highest BCUT2D eigenvalue weighted by atomic mass is 35.5. The van der Waals surface area contributed by atoms with Crippen molar-refractivity contribution in [2.75, 3.05) is 11.9 Å². The molecule has 0 aliphatic heterocycles. The fourth-order valence-electron chi connectivity index (χ4n) is 3.31. The zero-order chi connectivity index (χ0) is 23.4. The second-order valence-electron chi connectivity index (χ2n) is 7.39. The van der Waals surface area contributed by atoms with Gasteiger partial charge in [0.2, 0.25) is 0 Å². The number of aliphatic hydroxyl groups excluding tert-OH is 1. The summed E-state index contributed by atoms with van der Waals surface area (Å²) >= 11 is 6.10. The lowest BCUT2D eigenvalue weighted by atomic mass is 10.1. The number of hydrogen-bond acceptors (Lipinski definition) is 5. The summed E-state index contributed by atoms with van der Waals surface area (Å²) in [6, 6.07) is 14.5. The van der Waals surface area contributed by atoms with Gasteiger partial charge in [-0.15, -0.1) is 0 Å². The van der Waals surface area contributed by atoms with Gasteiger partial charge in [0, 0.05) is 18.5 Å². The number of halogens is 2. The van der Waals surface area contributed by atoms with E-state index in [1.54, 1.807) is 23.0 Å². The van der Waals surface area contributed by atoms with Crippen LogP contribution in [0.5, 0.6) is 0 Å². The first-order valence-electron chi connectivity index (χ1n) is 10.1. The molecule has 168 valence electrons. The predicted octanol–water partition coefficient (Wildman–Crippen LogP) is 4.58. The summed E-state index contributed by atoms with van der Waals surface area (Å²) in [4.78, 5) is 21.3. The Bertz CT molecular complexity index is 1280. The molecule has 0 saturated heterocycles. The largest absolute Gasteiger partial charge is 0.394 e. The first-order valence-corrected chi connectivity index (χ1v) is 10.5. The molecule has 9 heteroatoms. The van der Waals surface area contributed by atoms with Crippen LogP contribution in [0.1, 0.15) is 27.7 Å². The van der Waals surface area contributed by atoms with E-state index < -0.39 is 17.8 Å². The van der Waals surface area contributed by atoms with E-state index in [1.165, 1.54) is 24.5 Å². The molecule has 2 aromatic heterocycles. The second kappa shape index (κ2) is 9.81. The fourth-order valence-corrected chi connectivity index (χ4v) is 3.53. The van der Waals surface area contributed by atoms with Gasteiger partial charge in [-0.1, -0.05) is 41.9 Å². The van der Waals surface area contributed by atoms with E-state index >= 15 is 0 Å². The number of anilines is 2. The van der Waals surface area contributed by atoms with Gasteiger partial charge in [0.25, 0.3) is 5.91 Å². The molecule has 1 atom stereocenters. The van der Waals surface area contributed by atoms with Crippen LogP contribution in [0.4, 0.5) is 15.9 Å². The van der Waals surface area contributed by atoms with Crippen LogP contribution in [0, 0.1) is 12.7 Å². The van der Waals surface area contributed by atoms with Crippen LogP contribution >= 0.6 is 11.6 Å². The maximum atomic E-state index is 13.3. The molecule has 1 amide bonds. The standard InChI is InChI=1S/C24H21ClFN5O2/c1-15-11-27-23(29-19-8-7-17(26)9-18(19)25)10-22(15)31-12-20(28-14-31)24(33)30-21(13-32)16-5-3-2-4-6-16/h2-12,14,21,32H,13H2,1H3,(H,27,29)(H,30,33). The average molecular weight is 466 g/mol. The minimum absolute atomic E-state index is 0.205. The van der Waals surface area contributed by atoms with Crippen molar-refractivity contribution in [3.05, 3.63) is 101 Å². The van der Waals surface area contributed by atoms with Crippen molar-refractivity contribution >= 4 is 29.0 Å². The van der Waals surface area contributed by atoms with Gasteiger partial charge >= 0.3 is 0 Å². The van der Waals surface area contributed by atoms with E-state index in [2.05, 4.69) is 20.6 Å². The summed E-state index contributed by atoms with van der Waals surface area (Å²) in [6.07, 6.45) is 4.81. The normalized spacial score (nSPS) is 11.8. The topological polar surface area (TPSA) is 92.1 Å². The van der Waals surface area contributed by atoms with Crippen LogP contribution in [0.15, 0.2) is 73.3 Å². The van der Waals surface area contributed by atoms with Crippen LogP contribution in [0.25, 0.3) is 5.69 Å². The molecular formula is C24H21ClFN5O2. The second-order valence-corrected chi connectivity index (χ2v) is 7.80. The molecule has 0 fully saturated rings. The van der Waals surface area contributed by atoms with Crippen LogP contribution in [-0.2, 0) is 0 Å². The molecule has 2 aromatic carbocycles. The van der Waals surface area contributed by atoms with E-state index in [9.17, 15) is 14.3 Å². The number of amides is 1. The van der Waals surface area contributed by atoms with Gasteiger partial charge in [-0.25, -0.2) is 14.4 Å². The Morgan fingerprint density at radius 3 is 2.70 bits per heavy atom. The molecule has 4 aromatic rings. The minimum Gasteiger partial charge on any atom is -0.394 e. The zero-order valence-electron chi connectivity index (χ0n) is 17.7. The molecule has 0 aliphatic rings. The number of pyridine rings is 1. The minimum atomic E-state index is -0.539. The van der Waals surface area contributed by atoms with Gasteiger partial charge in [0.05, 0.1) is 29.0 Å². The molecule has 7 nitrogen and oxygen atoms in total. The Hall–Kier alpha value is -3.75. The SMILES string of the molecule is Cc1cnc(Nc2ccc(F)cc2Cl)cc1-n1cnc(C(=O)NC(CO)c2ccccc2)c1. The lowest BCUT2D eigenvalue weighted by Gasteiger charge is -2.15. The van der Waals surface area contributed by atoms with E-state index in [4.69, 9.17) is 11.6 Å². The zero-order valence-corrected chi connectivity index (χ0v) is 18.4. The molecule has 0 saturated carbocycles. The third-order valence-corrected chi connectivity index (χ3v) is 5.36. The Morgan fingerprint density at radius 1 is 1.18 bits per heavy atom. The van der Waals surface area contributed by atoms with Crippen molar-refractivity contribution in [2.45, 2.75) is 13.0 Å². The van der Waals surface area contributed by atoms with Gasteiger partial charge in [-0.2, -0.15) is 0 Å². The number of imidazole rings is 1. The molecule has 1 unspecified atom stereocenters. The van der Waals surface area contributed by atoms with E-state index in [0.717, 1.165) is 16.8 Å². The predicted molar refractivity (Wildman–Crippen MR) is 125 cm³/mol. The number of carbonyl (C=O) groups excluding carboxylic acids is 1. The number of rotatable bonds is 7. The number of benzene rings is 2. The summed E-state index contributed by atoms with van der Waals surface area (Å²) in [5.74, 6) is -0.337. The van der Waals surface area contributed by atoms with Crippen molar-refractivity contribution in [2.24, 2.45) is 0 Å². The summed E-state index contributed by atoms with van der Waals surface area (Å²) in [7, 11) is 0. The van der Waals surface area contributed by atoms with Gasteiger partial charge in [-0.05, 0) is 36.2 Å². The lowest BCUT2D eigenvalue weighted by molar-refractivity contribution is 0.0911. The van der Waals surface area contributed by atoms with E-state index in [0.29, 0.717) is 11.5 Å². The van der Waals surface area contributed by atoms with Crippen molar-refractivity contribution in [1.29, 1.82) is 0 Å². The van der Waals surface area contributed by atoms with Gasteiger partial charge in [0.15, 0.2) is 0 Å². The summed E-state index contributed by atoms with van der Waals surface area (Å²) in [6.45, 7) is 1.65. The Kier molecular flexibility index (Phi) is 6.67. The highest BCUT2D eigenvalue weighted by Crippen LogP contribution is 2.27. The van der Waals surface area contributed by atoms with Gasteiger partial charge in [0.1, 0.15) is 23.7 Å². The third kappa shape index (κ3) is 5.19. The number of aryl methyl sites for hydroxylation is 1. The average Bonchev–Trinajstić information content (AvgIpc) is 3.31. The maximum absolute atomic E-state index is 13.3. The van der Waals surface area contributed by atoms with Crippen molar-refractivity contribution in [1.82, 2.24) is 19.9 Å². The number of nitrogens with zero attached hydrogens (tertiary/aromatic N) is 3. The van der Waals surface area contributed by atoms with Gasteiger partial charge < -0.3 is 20.3 Å². The van der Waals surface area contributed by atoms with Crippen molar-refractivity contribution in [3.8, 4) is 5.69 Å². The van der Waals surface area contributed by atoms with Crippen molar-refractivity contribution in [3.63, 3.8) is 0 Å². The van der Waals surface area contributed by atoms with Crippen LogP contribution in [0.2, 0.25) is 5.02 Å². The van der Waals surface area contributed by atoms with Crippen LogP contribution in [-0.4, -0.2) is 32.2 Å². The van der Waals surface area contributed by atoms with E-state index in [1.807, 2.05) is 37.3 Å². The number of nitrogens with one attached hydrogen (secondary N) is 2. The first-order chi connectivity index (χ1) is 15.9. The van der Waals surface area contributed by atoms with Crippen LogP contribution in [0.3, 0.4) is 0 Å². The molecule has 4 rings (SSSR count). The maximum Gasteiger partial charge on any atom is 0.272 e. The molecule has 0 aliphatic carbocycles.